The maximum atomic E-state index is 12.4. The number of hydrogen-bond donors (Lipinski definition) is 1. The standard InChI is InChI=1S/C24H25N3O5/c1-24(2)10-16-6-5-9-21(23(16)32-24)30-15-22(28)26-17-11-25-27(12-17)13-18-14-29-19-7-3-4-8-20(19)31-18/h3-9,11-12,18H,10,13-15H2,1-2H3,(H,26,28)/t18-/m1/s1. The summed E-state index contributed by atoms with van der Waals surface area (Å²) in [6, 6.07) is 13.3. The van der Waals surface area contributed by atoms with Gasteiger partial charge in [0.2, 0.25) is 0 Å². The molecule has 5 rings (SSSR count). The molecule has 2 aliphatic heterocycles. The number of aromatic nitrogens is 2. The van der Waals surface area contributed by atoms with E-state index in [2.05, 4.69) is 10.4 Å². The molecule has 8 nitrogen and oxygen atoms in total. The topological polar surface area (TPSA) is 83.8 Å². The van der Waals surface area contributed by atoms with Crippen LogP contribution < -0.4 is 24.3 Å². The van der Waals surface area contributed by atoms with Gasteiger partial charge in [0.25, 0.3) is 5.91 Å². The molecule has 3 aromatic rings. The van der Waals surface area contributed by atoms with Gasteiger partial charge in [-0.1, -0.05) is 24.3 Å². The van der Waals surface area contributed by atoms with Crippen LogP contribution in [0.15, 0.2) is 54.9 Å². The molecule has 0 spiro atoms. The van der Waals surface area contributed by atoms with Crippen molar-refractivity contribution in [3.63, 3.8) is 0 Å². The summed E-state index contributed by atoms with van der Waals surface area (Å²) in [5, 5.41) is 7.12. The van der Waals surface area contributed by atoms with Crippen molar-refractivity contribution in [3.05, 3.63) is 60.4 Å². The fourth-order valence-electron chi connectivity index (χ4n) is 3.93. The van der Waals surface area contributed by atoms with Crippen molar-refractivity contribution in [1.82, 2.24) is 9.78 Å². The number of anilines is 1. The van der Waals surface area contributed by atoms with E-state index < -0.39 is 0 Å². The molecule has 0 bridgehead atoms. The van der Waals surface area contributed by atoms with E-state index >= 15 is 0 Å². The molecular weight excluding hydrogens is 410 g/mol. The first-order valence-corrected chi connectivity index (χ1v) is 10.6. The van der Waals surface area contributed by atoms with Crippen LogP contribution in [-0.2, 0) is 17.8 Å². The molecular formula is C24H25N3O5. The number of carbonyl (C=O) groups is 1. The fourth-order valence-corrected chi connectivity index (χ4v) is 3.93. The van der Waals surface area contributed by atoms with E-state index in [1.807, 2.05) is 56.3 Å². The number of rotatable bonds is 6. The SMILES string of the molecule is CC1(C)Cc2cccc(OCC(=O)Nc3cnn(C[C@@H]4COc5ccccc5O4)c3)c2O1. The van der Waals surface area contributed by atoms with Crippen LogP contribution in [0.4, 0.5) is 5.69 Å². The summed E-state index contributed by atoms with van der Waals surface area (Å²) >= 11 is 0. The van der Waals surface area contributed by atoms with Crippen LogP contribution in [0.1, 0.15) is 19.4 Å². The molecule has 1 atom stereocenters. The van der Waals surface area contributed by atoms with Crippen LogP contribution in [0.2, 0.25) is 0 Å². The van der Waals surface area contributed by atoms with Gasteiger partial charge in [-0.3, -0.25) is 9.48 Å². The number of para-hydroxylation sites is 3. The van der Waals surface area contributed by atoms with Gasteiger partial charge in [-0.15, -0.1) is 0 Å². The largest absolute Gasteiger partial charge is 0.486 e. The van der Waals surface area contributed by atoms with Crippen LogP contribution in [0.3, 0.4) is 0 Å². The lowest BCUT2D eigenvalue weighted by molar-refractivity contribution is -0.118. The Kier molecular flexibility index (Phi) is 5.13. The highest BCUT2D eigenvalue weighted by atomic mass is 16.6. The van der Waals surface area contributed by atoms with Crippen LogP contribution in [0.5, 0.6) is 23.0 Å². The highest BCUT2D eigenvalue weighted by molar-refractivity contribution is 5.91. The van der Waals surface area contributed by atoms with E-state index in [-0.39, 0.29) is 24.2 Å². The second kappa shape index (κ2) is 8.11. The molecule has 0 aliphatic carbocycles. The normalized spacial score (nSPS) is 17.9. The number of benzene rings is 2. The van der Waals surface area contributed by atoms with Crippen LogP contribution >= 0.6 is 0 Å². The van der Waals surface area contributed by atoms with Gasteiger partial charge in [-0.25, -0.2) is 0 Å². The Labute approximate surface area is 186 Å². The molecule has 1 N–H and O–H groups in total. The number of nitrogens with zero attached hydrogens (tertiary/aromatic N) is 2. The summed E-state index contributed by atoms with van der Waals surface area (Å²) in [4.78, 5) is 12.4. The van der Waals surface area contributed by atoms with Gasteiger partial charge in [-0.05, 0) is 32.0 Å². The summed E-state index contributed by atoms with van der Waals surface area (Å²) in [5.41, 5.74) is 1.41. The Morgan fingerprint density at radius 2 is 2.06 bits per heavy atom. The summed E-state index contributed by atoms with van der Waals surface area (Å²) in [7, 11) is 0. The van der Waals surface area contributed by atoms with E-state index in [4.69, 9.17) is 18.9 Å². The predicted molar refractivity (Wildman–Crippen MR) is 118 cm³/mol. The van der Waals surface area contributed by atoms with Gasteiger partial charge in [0.1, 0.15) is 12.2 Å². The van der Waals surface area contributed by atoms with Crippen molar-refractivity contribution in [2.75, 3.05) is 18.5 Å². The summed E-state index contributed by atoms with van der Waals surface area (Å²) in [6.07, 6.45) is 4.00. The second-order valence-corrected chi connectivity index (χ2v) is 8.57. The van der Waals surface area contributed by atoms with E-state index in [0.29, 0.717) is 24.6 Å². The molecule has 0 radical (unpaired) electrons. The van der Waals surface area contributed by atoms with Gasteiger partial charge in [0.05, 0.1) is 18.4 Å². The number of nitrogens with one attached hydrogen (secondary N) is 1. The Bertz CT molecular complexity index is 1140. The van der Waals surface area contributed by atoms with Gasteiger partial charge >= 0.3 is 0 Å². The molecule has 2 aliphatic rings. The molecule has 0 saturated carbocycles. The number of fused-ring (bicyclic) bond motifs is 2. The van der Waals surface area contributed by atoms with Gasteiger partial charge < -0.3 is 24.3 Å². The summed E-state index contributed by atoms with van der Waals surface area (Å²) in [6.45, 7) is 4.88. The summed E-state index contributed by atoms with van der Waals surface area (Å²) < 4.78 is 25.1. The molecule has 1 aromatic heterocycles. The monoisotopic (exact) mass is 435 g/mol. The first-order chi connectivity index (χ1) is 15.4. The van der Waals surface area contributed by atoms with E-state index in [1.165, 1.54) is 0 Å². The average Bonchev–Trinajstić information content (AvgIpc) is 3.34. The quantitative estimate of drug-likeness (QED) is 0.639. The maximum absolute atomic E-state index is 12.4. The lowest BCUT2D eigenvalue weighted by atomic mass is 10.0. The van der Waals surface area contributed by atoms with Crippen LogP contribution in [0.25, 0.3) is 0 Å². The summed E-state index contributed by atoms with van der Waals surface area (Å²) in [5.74, 6) is 2.49. The molecule has 32 heavy (non-hydrogen) atoms. The first-order valence-electron chi connectivity index (χ1n) is 10.6. The molecule has 3 heterocycles. The van der Waals surface area contributed by atoms with Gasteiger partial charge in [0.15, 0.2) is 35.7 Å². The van der Waals surface area contributed by atoms with Crippen molar-refractivity contribution < 1.29 is 23.7 Å². The highest BCUT2D eigenvalue weighted by Crippen LogP contribution is 2.41. The average molecular weight is 435 g/mol. The minimum Gasteiger partial charge on any atom is -0.486 e. The molecule has 0 fully saturated rings. The molecule has 166 valence electrons. The van der Waals surface area contributed by atoms with Crippen molar-refractivity contribution in [1.29, 1.82) is 0 Å². The smallest absolute Gasteiger partial charge is 0.262 e. The lowest BCUT2D eigenvalue weighted by Gasteiger charge is -2.26. The minimum absolute atomic E-state index is 0.123. The molecule has 2 aromatic carbocycles. The van der Waals surface area contributed by atoms with Crippen LogP contribution in [0, 0.1) is 0 Å². The third-order valence-corrected chi connectivity index (χ3v) is 5.29. The zero-order valence-electron chi connectivity index (χ0n) is 18.0. The molecule has 1 amide bonds. The molecule has 0 unspecified atom stereocenters. The number of amides is 1. The number of carbonyl (C=O) groups excluding carboxylic acids is 1. The van der Waals surface area contributed by atoms with Crippen molar-refractivity contribution in [2.24, 2.45) is 0 Å². The lowest BCUT2D eigenvalue weighted by Crippen LogP contribution is -2.33. The Morgan fingerprint density at radius 3 is 2.94 bits per heavy atom. The third-order valence-electron chi connectivity index (χ3n) is 5.29. The zero-order valence-corrected chi connectivity index (χ0v) is 18.0. The first kappa shape index (κ1) is 20.2. The number of hydrogen-bond acceptors (Lipinski definition) is 6. The fraction of sp³-hybridized carbons (Fsp3) is 0.333. The Morgan fingerprint density at radius 1 is 1.22 bits per heavy atom. The molecule has 8 heteroatoms. The van der Waals surface area contributed by atoms with Crippen molar-refractivity contribution in [2.45, 2.75) is 38.5 Å². The number of ether oxygens (including phenoxy) is 4. The third kappa shape index (κ3) is 4.34. The second-order valence-electron chi connectivity index (χ2n) is 8.57. The highest BCUT2D eigenvalue weighted by Gasteiger charge is 2.32. The van der Waals surface area contributed by atoms with Crippen LogP contribution in [-0.4, -0.2) is 40.6 Å². The predicted octanol–water partition coefficient (Wildman–Crippen LogP) is 3.45. The van der Waals surface area contributed by atoms with E-state index in [1.54, 1.807) is 17.1 Å². The van der Waals surface area contributed by atoms with Gasteiger partial charge in [0, 0.05) is 18.2 Å². The Balaban J connectivity index is 1.14. The van der Waals surface area contributed by atoms with Crippen molar-refractivity contribution in [3.8, 4) is 23.0 Å². The van der Waals surface area contributed by atoms with Crippen molar-refractivity contribution >= 4 is 11.6 Å². The minimum atomic E-state index is -0.273. The molecule has 0 saturated heterocycles. The maximum Gasteiger partial charge on any atom is 0.262 e. The van der Waals surface area contributed by atoms with E-state index in [9.17, 15) is 4.79 Å². The zero-order chi connectivity index (χ0) is 22.1. The Hall–Kier alpha value is -3.68. The van der Waals surface area contributed by atoms with E-state index in [0.717, 1.165) is 29.2 Å². The van der Waals surface area contributed by atoms with Gasteiger partial charge in [-0.2, -0.15) is 5.10 Å².